The molecule has 0 atom stereocenters. The van der Waals surface area contributed by atoms with Crippen molar-refractivity contribution in [1.82, 2.24) is 4.98 Å². The van der Waals surface area contributed by atoms with E-state index in [4.69, 9.17) is 4.74 Å². The van der Waals surface area contributed by atoms with Crippen LogP contribution in [0.1, 0.15) is 48.4 Å². The zero-order chi connectivity index (χ0) is 19.3. The fourth-order valence-corrected chi connectivity index (χ4v) is 3.93. The van der Waals surface area contributed by atoms with Gasteiger partial charge in [-0.3, -0.25) is 4.79 Å². The van der Waals surface area contributed by atoms with Crippen molar-refractivity contribution < 1.29 is 19.4 Å². The number of aromatic nitrogens is 1. The Balaban J connectivity index is 1.50. The van der Waals surface area contributed by atoms with Crippen LogP contribution >= 0.6 is 11.3 Å². The summed E-state index contributed by atoms with van der Waals surface area (Å²) >= 11 is 1.35. The zero-order valence-corrected chi connectivity index (χ0v) is 16.2. The second-order valence-corrected chi connectivity index (χ2v) is 7.88. The topological polar surface area (TPSA) is 88.5 Å². The number of aryl methyl sites for hydroxylation is 1. The van der Waals surface area contributed by atoms with Gasteiger partial charge in [-0.05, 0) is 44.2 Å². The van der Waals surface area contributed by atoms with Gasteiger partial charge in [-0.1, -0.05) is 24.6 Å². The molecule has 3 rings (SSSR count). The lowest BCUT2D eigenvalue weighted by Crippen LogP contribution is -2.41. The maximum absolute atomic E-state index is 12.2. The number of aliphatic hydroxyl groups is 1. The van der Waals surface area contributed by atoms with Crippen LogP contribution in [0.25, 0.3) is 0 Å². The Bertz CT molecular complexity index is 812. The Morgan fingerprint density at radius 2 is 2.00 bits per heavy atom. The van der Waals surface area contributed by atoms with Crippen molar-refractivity contribution in [3.8, 4) is 0 Å². The van der Waals surface area contributed by atoms with E-state index < -0.39 is 11.6 Å². The van der Waals surface area contributed by atoms with E-state index in [1.54, 1.807) is 5.38 Å². The standard InChI is InChI=1S/C20H24N2O4S/c1-14-7-3-4-8-16(14)22-17(23)11-18-21-15(13-27-18)12-26-19(24)20(25)9-5-2-6-10-20/h3-4,7-8,13,25H,2,5-6,9-12H2,1H3,(H,22,23). The third kappa shape index (κ3) is 5.14. The number of nitrogens with one attached hydrogen (secondary N) is 1. The summed E-state index contributed by atoms with van der Waals surface area (Å²) in [5, 5.41) is 15.7. The molecule has 0 unspecified atom stereocenters. The first-order chi connectivity index (χ1) is 13.0. The van der Waals surface area contributed by atoms with E-state index >= 15 is 0 Å². The fraction of sp³-hybridized carbons (Fsp3) is 0.450. The third-order valence-corrected chi connectivity index (χ3v) is 5.64. The number of thiazole rings is 1. The number of carbonyl (C=O) groups excluding carboxylic acids is 2. The van der Waals surface area contributed by atoms with Crippen molar-refractivity contribution in [3.05, 3.63) is 45.9 Å². The highest BCUT2D eigenvalue weighted by Gasteiger charge is 2.38. The number of hydrogen-bond acceptors (Lipinski definition) is 6. The predicted molar refractivity (Wildman–Crippen MR) is 103 cm³/mol. The van der Waals surface area contributed by atoms with Crippen molar-refractivity contribution in [2.75, 3.05) is 5.32 Å². The van der Waals surface area contributed by atoms with Gasteiger partial charge in [0.2, 0.25) is 5.91 Å². The van der Waals surface area contributed by atoms with Crippen LogP contribution in [0.5, 0.6) is 0 Å². The van der Waals surface area contributed by atoms with E-state index in [-0.39, 0.29) is 18.9 Å². The molecule has 1 saturated carbocycles. The molecule has 27 heavy (non-hydrogen) atoms. The van der Waals surface area contributed by atoms with Gasteiger partial charge in [0.1, 0.15) is 11.6 Å². The normalized spacial score (nSPS) is 15.9. The first-order valence-corrected chi connectivity index (χ1v) is 10.0. The number of ether oxygens (including phenoxy) is 1. The Kier molecular flexibility index (Phi) is 6.23. The third-order valence-electron chi connectivity index (χ3n) is 4.74. The van der Waals surface area contributed by atoms with E-state index in [0.717, 1.165) is 30.5 Å². The second kappa shape index (κ2) is 8.63. The van der Waals surface area contributed by atoms with Crippen molar-refractivity contribution in [3.63, 3.8) is 0 Å². The summed E-state index contributed by atoms with van der Waals surface area (Å²) in [6.45, 7) is 1.95. The summed E-state index contributed by atoms with van der Waals surface area (Å²) < 4.78 is 5.25. The summed E-state index contributed by atoms with van der Waals surface area (Å²) in [7, 11) is 0. The van der Waals surface area contributed by atoms with Gasteiger partial charge in [-0.2, -0.15) is 0 Å². The lowest BCUT2D eigenvalue weighted by Gasteiger charge is -2.29. The summed E-state index contributed by atoms with van der Waals surface area (Å²) in [4.78, 5) is 28.7. The Labute approximate surface area is 162 Å². The number of amides is 1. The number of anilines is 1. The Morgan fingerprint density at radius 3 is 2.74 bits per heavy atom. The average Bonchev–Trinajstić information content (AvgIpc) is 3.09. The van der Waals surface area contributed by atoms with Gasteiger partial charge < -0.3 is 15.2 Å². The summed E-state index contributed by atoms with van der Waals surface area (Å²) in [6, 6.07) is 7.59. The second-order valence-electron chi connectivity index (χ2n) is 6.94. The summed E-state index contributed by atoms with van der Waals surface area (Å²) in [6.07, 6.45) is 3.78. The largest absolute Gasteiger partial charge is 0.457 e. The Hall–Kier alpha value is -2.25. The Morgan fingerprint density at radius 1 is 1.26 bits per heavy atom. The van der Waals surface area contributed by atoms with Gasteiger partial charge in [0.05, 0.1) is 12.1 Å². The molecule has 6 nitrogen and oxygen atoms in total. The minimum atomic E-state index is -1.36. The molecular weight excluding hydrogens is 364 g/mol. The first-order valence-electron chi connectivity index (χ1n) is 9.15. The number of rotatable bonds is 6. The summed E-state index contributed by atoms with van der Waals surface area (Å²) in [5.41, 5.74) is 1.02. The summed E-state index contributed by atoms with van der Waals surface area (Å²) in [5.74, 6) is -0.715. The minimum Gasteiger partial charge on any atom is -0.457 e. The van der Waals surface area contributed by atoms with Crippen molar-refractivity contribution >= 4 is 28.9 Å². The molecule has 0 bridgehead atoms. The van der Waals surface area contributed by atoms with Gasteiger partial charge >= 0.3 is 5.97 Å². The number of carbonyl (C=O) groups is 2. The molecule has 0 spiro atoms. The number of esters is 1. The van der Waals surface area contributed by atoms with Crippen LogP contribution in [-0.4, -0.2) is 27.6 Å². The fourth-order valence-electron chi connectivity index (χ4n) is 3.16. The minimum absolute atomic E-state index is 0.0110. The number of nitrogens with zero attached hydrogens (tertiary/aromatic N) is 1. The van der Waals surface area contributed by atoms with Gasteiger partial charge in [-0.15, -0.1) is 11.3 Å². The van der Waals surface area contributed by atoms with Crippen LogP contribution in [0.15, 0.2) is 29.6 Å². The number of hydrogen-bond donors (Lipinski definition) is 2. The van der Waals surface area contributed by atoms with Crippen LogP contribution in [0, 0.1) is 6.92 Å². The zero-order valence-electron chi connectivity index (χ0n) is 15.4. The van der Waals surface area contributed by atoms with Gasteiger partial charge in [0, 0.05) is 11.1 Å². The van der Waals surface area contributed by atoms with Crippen molar-refractivity contribution in [2.24, 2.45) is 0 Å². The SMILES string of the molecule is Cc1ccccc1NC(=O)Cc1nc(COC(=O)C2(O)CCCCC2)cs1. The molecule has 1 aliphatic rings. The molecule has 7 heteroatoms. The lowest BCUT2D eigenvalue weighted by atomic mass is 9.85. The predicted octanol–water partition coefficient (Wildman–Crippen LogP) is 3.37. The molecule has 1 aromatic carbocycles. The lowest BCUT2D eigenvalue weighted by molar-refractivity contribution is -0.170. The molecule has 1 aromatic heterocycles. The molecule has 1 heterocycles. The highest BCUT2D eigenvalue weighted by atomic mass is 32.1. The highest BCUT2D eigenvalue weighted by Crippen LogP contribution is 2.29. The highest BCUT2D eigenvalue weighted by molar-refractivity contribution is 7.09. The average molecular weight is 388 g/mol. The van der Waals surface area contributed by atoms with Gasteiger partial charge in [-0.25, -0.2) is 9.78 Å². The van der Waals surface area contributed by atoms with Gasteiger partial charge in [0.15, 0.2) is 5.60 Å². The van der Waals surface area contributed by atoms with Crippen LogP contribution in [0.3, 0.4) is 0 Å². The maximum Gasteiger partial charge on any atom is 0.338 e. The van der Waals surface area contributed by atoms with E-state index in [1.807, 2.05) is 31.2 Å². The number of para-hydroxylation sites is 1. The van der Waals surface area contributed by atoms with E-state index in [9.17, 15) is 14.7 Å². The monoisotopic (exact) mass is 388 g/mol. The van der Waals surface area contributed by atoms with Gasteiger partial charge in [0.25, 0.3) is 0 Å². The molecule has 0 saturated heterocycles. The molecule has 2 N–H and O–H groups in total. The quantitative estimate of drug-likeness (QED) is 0.741. The molecule has 1 amide bonds. The smallest absolute Gasteiger partial charge is 0.338 e. The first kappa shape index (κ1) is 19.5. The van der Waals surface area contributed by atoms with Crippen LogP contribution in [0.2, 0.25) is 0 Å². The van der Waals surface area contributed by atoms with Crippen LogP contribution < -0.4 is 5.32 Å². The van der Waals surface area contributed by atoms with E-state index in [1.165, 1.54) is 11.3 Å². The number of benzene rings is 1. The molecule has 2 aromatic rings. The van der Waals surface area contributed by atoms with E-state index in [0.29, 0.717) is 23.5 Å². The maximum atomic E-state index is 12.2. The molecule has 0 aliphatic heterocycles. The molecule has 0 radical (unpaired) electrons. The van der Waals surface area contributed by atoms with Crippen LogP contribution in [-0.2, 0) is 27.4 Å². The van der Waals surface area contributed by atoms with Crippen molar-refractivity contribution in [1.29, 1.82) is 0 Å². The molecular formula is C20H24N2O4S. The van der Waals surface area contributed by atoms with Crippen molar-refractivity contribution in [2.45, 2.75) is 57.7 Å². The molecule has 1 aliphatic carbocycles. The molecule has 144 valence electrons. The van der Waals surface area contributed by atoms with Crippen LogP contribution in [0.4, 0.5) is 5.69 Å². The molecule has 1 fully saturated rings. The van der Waals surface area contributed by atoms with E-state index in [2.05, 4.69) is 10.3 Å².